The van der Waals surface area contributed by atoms with Gasteiger partial charge in [-0.15, -0.1) is 26.4 Å². The van der Waals surface area contributed by atoms with Crippen molar-refractivity contribution >= 4 is 95.0 Å². The van der Waals surface area contributed by atoms with Gasteiger partial charge in [0.15, 0.2) is 12.1 Å². The number of hydrogen-bond donors (Lipinski definition) is 1. The molecule has 5 aromatic rings. The summed E-state index contributed by atoms with van der Waals surface area (Å²) < 4.78 is 63.0. The number of sulfonamides is 2. The van der Waals surface area contributed by atoms with Crippen LogP contribution in [0.4, 0.5) is 10.6 Å². The summed E-state index contributed by atoms with van der Waals surface area (Å²) in [6, 6.07) is 16.9. The van der Waals surface area contributed by atoms with E-state index in [0.29, 0.717) is 40.0 Å². The third-order valence-corrected chi connectivity index (χ3v) is 13.8. The first-order chi connectivity index (χ1) is 21.6. The minimum absolute atomic E-state index is 0.0118. The van der Waals surface area contributed by atoms with Crippen LogP contribution in [0.25, 0.3) is 10.9 Å². The molecule has 46 heavy (non-hydrogen) atoms. The van der Waals surface area contributed by atoms with Gasteiger partial charge < -0.3 is 10.1 Å². The van der Waals surface area contributed by atoms with Gasteiger partial charge in [-0.3, -0.25) is 9.48 Å². The molecule has 0 radical (unpaired) electrons. The van der Waals surface area contributed by atoms with Gasteiger partial charge in [-0.2, -0.15) is 21.9 Å². The first kappa shape index (κ1) is 33.9. The summed E-state index contributed by atoms with van der Waals surface area (Å²) in [6.07, 6.45) is -0.0778. The van der Waals surface area contributed by atoms with Crippen LogP contribution in [0.5, 0.6) is 0 Å². The number of carbonyl (C=O) groups excluding carboxylic acids is 2. The zero-order valence-corrected chi connectivity index (χ0v) is 29.2. The molecule has 242 valence electrons. The van der Waals surface area contributed by atoms with Crippen molar-refractivity contribution in [2.45, 2.75) is 47.9 Å². The summed E-state index contributed by atoms with van der Waals surface area (Å²) in [5.41, 5.74) is 1.11. The highest BCUT2D eigenvalue weighted by atomic mass is 35.5. The second kappa shape index (κ2) is 13.0. The van der Waals surface area contributed by atoms with Gasteiger partial charge in [0, 0.05) is 12.1 Å². The van der Waals surface area contributed by atoms with Gasteiger partial charge >= 0.3 is 6.09 Å². The van der Waals surface area contributed by atoms with Gasteiger partial charge in [0.25, 0.3) is 20.0 Å². The highest BCUT2D eigenvalue weighted by Crippen LogP contribution is 2.40. The van der Waals surface area contributed by atoms with E-state index in [0.717, 1.165) is 5.56 Å². The van der Waals surface area contributed by atoms with Crippen LogP contribution in [0, 0.1) is 0 Å². The van der Waals surface area contributed by atoms with Crippen molar-refractivity contribution in [3.63, 3.8) is 0 Å². The lowest BCUT2D eigenvalue weighted by molar-refractivity contribution is 0.0523. The Morgan fingerprint density at radius 3 is 2.07 bits per heavy atom. The number of alkyl carbamates (subject to hydrolysis) is 1. The van der Waals surface area contributed by atoms with E-state index in [1.165, 1.54) is 35.0 Å². The molecule has 0 aliphatic carbocycles. The summed E-state index contributed by atoms with van der Waals surface area (Å²) in [6.45, 7) is 5.50. The third kappa shape index (κ3) is 7.09. The first-order valence-corrected chi connectivity index (χ1v) is 18.7. The minimum atomic E-state index is -4.84. The molecule has 0 atom stereocenters. The molecule has 17 heteroatoms. The SMILES string of the molecule is CC(C)(C)OC(=O)NCc1cccc(Cn2nc(N(S(=O)(=O)c3ccc(Cl)s3)S(=O)(=O)c3ccc(Cl)s3)c3c(C=O)cccc32)c1. The first-order valence-electron chi connectivity index (χ1n) is 13.4. The molecule has 5 rings (SSSR count). The summed E-state index contributed by atoms with van der Waals surface area (Å²) >= 11 is 13.4. The number of hydrogen-bond acceptors (Lipinski definition) is 10. The molecule has 2 aromatic carbocycles. The smallest absolute Gasteiger partial charge is 0.407 e. The Hall–Kier alpha value is -3.47. The summed E-state index contributed by atoms with van der Waals surface area (Å²) in [7, 11) is -9.68. The number of halogens is 2. The number of aldehydes is 1. The molecular formula is C29H26Cl2N4O7S4. The average Bonchev–Trinajstić information content (AvgIpc) is 3.71. The van der Waals surface area contributed by atoms with E-state index in [4.69, 9.17) is 27.9 Å². The van der Waals surface area contributed by atoms with Crippen LogP contribution in [-0.2, 0) is 37.9 Å². The Bertz CT molecular complexity index is 2100. The molecular weight excluding hydrogens is 716 g/mol. The molecule has 0 unspecified atom stereocenters. The van der Waals surface area contributed by atoms with Crippen molar-refractivity contribution in [1.82, 2.24) is 15.1 Å². The lowest BCUT2D eigenvalue weighted by Gasteiger charge is -2.21. The number of amides is 1. The monoisotopic (exact) mass is 740 g/mol. The number of benzene rings is 2. The van der Waals surface area contributed by atoms with E-state index in [1.54, 1.807) is 57.2 Å². The fourth-order valence-corrected chi connectivity index (χ4v) is 11.4. The fourth-order valence-electron chi connectivity index (χ4n) is 4.47. The predicted octanol–water partition coefficient (Wildman–Crippen LogP) is 6.94. The summed E-state index contributed by atoms with van der Waals surface area (Å²) in [5, 5.41) is 7.22. The Labute approximate surface area is 283 Å². The zero-order valence-electron chi connectivity index (χ0n) is 24.4. The molecule has 1 amide bonds. The molecule has 0 saturated carbocycles. The zero-order chi connectivity index (χ0) is 33.4. The van der Waals surface area contributed by atoms with Crippen LogP contribution in [0.2, 0.25) is 8.67 Å². The molecule has 0 bridgehead atoms. The number of carbonyl (C=O) groups is 2. The molecule has 11 nitrogen and oxygen atoms in total. The second-order valence-corrected chi connectivity index (χ2v) is 18.5. The van der Waals surface area contributed by atoms with Gasteiger partial charge in [-0.05, 0) is 62.2 Å². The lowest BCUT2D eigenvalue weighted by Crippen LogP contribution is -2.37. The highest BCUT2D eigenvalue weighted by Gasteiger charge is 2.42. The van der Waals surface area contributed by atoms with Gasteiger partial charge in [-0.25, -0.2) is 4.79 Å². The van der Waals surface area contributed by atoms with Gasteiger partial charge in [0.1, 0.15) is 14.0 Å². The van der Waals surface area contributed by atoms with E-state index in [-0.39, 0.29) is 44.8 Å². The Balaban J connectivity index is 1.63. The normalized spacial score (nSPS) is 12.3. The van der Waals surface area contributed by atoms with Crippen molar-refractivity contribution < 1.29 is 31.2 Å². The standard InChI is InChI=1S/C29H26Cl2N4O7S4/c1-29(2,3)42-28(37)32-15-18-6-4-7-19(14-18)16-34-21-9-5-8-20(17-36)26(21)27(33-34)35(45(38,39)24-12-10-22(30)43-24)46(40,41)25-13-11-23(31)44-25/h4-14,17H,15-16H2,1-3H3,(H,32,37). The Morgan fingerprint density at radius 2 is 1.52 bits per heavy atom. The molecule has 0 spiro atoms. The molecule has 0 saturated heterocycles. The van der Waals surface area contributed by atoms with Crippen molar-refractivity contribution in [2.75, 3.05) is 3.71 Å². The van der Waals surface area contributed by atoms with E-state index in [9.17, 15) is 26.4 Å². The van der Waals surface area contributed by atoms with Crippen LogP contribution in [0.15, 0.2) is 75.1 Å². The number of ether oxygens (including phenoxy) is 1. The molecule has 0 fully saturated rings. The van der Waals surface area contributed by atoms with E-state index < -0.39 is 37.6 Å². The Morgan fingerprint density at radius 1 is 0.935 bits per heavy atom. The maximum Gasteiger partial charge on any atom is 0.407 e. The van der Waals surface area contributed by atoms with Crippen LogP contribution >= 0.6 is 45.9 Å². The van der Waals surface area contributed by atoms with Crippen molar-refractivity contribution in [3.8, 4) is 0 Å². The average molecular weight is 742 g/mol. The van der Waals surface area contributed by atoms with Crippen LogP contribution in [0.1, 0.15) is 42.3 Å². The largest absolute Gasteiger partial charge is 0.444 e. The van der Waals surface area contributed by atoms with Crippen molar-refractivity contribution in [1.29, 1.82) is 0 Å². The number of anilines is 1. The molecule has 3 heterocycles. The number of fused-ring (bicyclic) bond motifs is 1. The summed E-state index contributed by atoms with van der Waals surface area (Å²) in [4.78, 5) is 24.4. The van der Waals surface area contributed by atoms with E-state index in [1.807, 2.05) is 0 Å². The molecule has 3 aromatic heterocycles. The topological polar surface area (TPSA) is 145 Å². The third-order valence-electron chi connectivity index (χ3n) is 6.29. The number of aromatic nitrogens is 2. The second-order valence-electron chi connectivity index (χ2n) is 10.8. The fraction of sp³-hybridized carbons (Fsp3) is 0.207. The van der Waals surface area contributed by atoms with Crippen molar-refractivity contribution in [2.24, 2.45) is 0 Å². The summed E-state index contributed by atoms with van der Waals surface area (Å²) in [5.74, 6) is -0.491. The number of nitrogens with one attached hydrogen (secondary N) is 1. The van der Waals surface area contributed by atoms with Gasteiger partial charge in [-0.1, -0.05) is 59.6 Å². The molecule has 0 aliphatic rings. The number of rotatable bonds is 10. The van der Waals surface area contributed by atoms with Crippen LogP contribution in [0.3, 0.4) is 0 Å². The number of thiophene rings is 2. The van der Waals surface area contributed by atoms with Gasteiger partial charge in [0.2, 0.25) is 0 Å². The van der Waals surface area contributed by atoms with Gasteiger partial charge in [0.05, 0.1) is 26.1 Å². The molecule has 1 N–H and O–H groups in total. The number of nitrogens with zero attached hydrogens (tertiary/aromatic N) is 3. The van der Waals surface area contributed by atoms with Crippen molar-refractivity contribution in [3.05, 3.63) is 92.1 Å². The maximum absolute atomic E-state index is 14.1. The predicted molar refractivity (Wildman–Crippen MR) is 179 cm³/mol. The maximum atomic E-state index is 14.1. The highest BCUT2D eigenvalue weighted by molar-refractivity contribution is 8.11. The van der Waals surface area contributed by atoms with E-state index >= 15 is 0 Å². The minimum Gasteiger partial charge on any atom is -0.444 e. The quantitative estimate of drug-likeness (QED) is 0.152. The molecule has 0 aliphatic heterocycles. The van der Waals surface area contributed by atoms with Crippen LogP contribution < -0.4 is 9.03 Å². The lowest BCUT2D eigenvalue weighted by atomic mass is 10.1. The van der Waals surface area contributed by atoms with Crippen LogP contribution in [-0.4, -0.2) is 44.6 Å². The van der Waals surface area contributed by atoms with E-state index in [2.05, 4.69) is 10.4 Å². The Kier molecular flexibility index (Phi) is 9.55.